The maximum atomic E-state index is 13.0. The van der Waals surface area contributed by atoms with Crippen LogP contribution in [0.2, 0.25) is 5.02 Å². The Kier molecular flexibility index (Phi) is 3.09. The van der Waals surface area contributed by atoms with Gasteiger partial charge in [0.05, 0.1) is 5.02 Å². The molecule has 1 aromatic rings. The highest BCUT2D eigenvalue weighted by atomic mass is 35.5. The molecule has 0 bridgehead atoms. The van der Waals surface area contributed by atoms with E-state index in [1.165, 1.54) is 0 Å². The third-order valence-corrected chi connectivity index (χ3v) is 1.70. The van der Waals surface area contributed by atoms with Crippen molar-refractivity contribution in [3.05, 3.63) is 29.0 Å². The van der Waals surface area contributed by atoms with Crippen LogP contribution in [-0.4, -0.2) is 17.2 Å². The van der Waals surface area contributed by atoms with Gasteiger partial charge in [-0.25, -0.2) is 9.18 Å². The summed E-state index contributed by atoms with van der Waals surface area (Å²) < 4.78 is 41.7. The van der Waals surface area contributed by atoms with Crippen molar-refractivity contribution in [2.45, 2.75) is 6.11 Å². The highest BCUT2D eigenvalue weighted by Gasteiger charge is 2.43. The summed E-state index contributed by atoms with van der Waals surface area (Å²) in [5.74, 6) is -4.67. The van der Waals surface area contributed by atoms with Crippen LogP contribution in [0.5, 0.6) is 5.75 Å². The van der Waals surface area contributed by atoms with E-state index in [9.17, 15) is 18.0 Å². The fourth-order valence-electron chi connectivity index (χ4n) is 0.745. The number of hydrogen-bond acceptors (Lipinski definition) is 2. The molecule has 0 aromatic heterocycles. The zero-order valence-corrected chi connectivity index (χ0v) is 7.76. The summed E-state index contributed by atoms with van der Waals surface area (Å²) in [6, 6.07) is 3.11. The summed E-state index contributed by atoms with van der Waals surface area (Å²) in [6.07, 6.45) is -4.49. The first-order chi connectivity index (χ1) is 6.84. The van der Waals surface area contributed by atoms with Crippen molar-refractivity contribution >= 4 is 17.6 Å². The van der Waals surface area contributed by atoms with Crippen molar-refractivity contribution in [1.82, 2.24) is 0 Å². The summed E-state index contributed by atoms with van der Waals surface area (Å²) in [7, 11) is 0. The maximum Gasteiger partial charge on any atom is 0.502 e. The standard InChI is InChI=1S/C8H4ClF3O3/c9-4-2-1-3-5(6(4)10)15-8(11,12)7(13)14/h1-3H,(H,13,14). The number of benzene rings is 1. The number of rotatable bonds is 3. The second-order valence-corrected chi connectivity index (χ2v) is 2.88. The van der Waals surface area contributed by atoms with Gasteiger partial charge < -0.3 is 9.84 Å². The summed E-state index contributed by atoms with van der Waals surface area (Å²) in [5.41, 5.74) is 0. The Bertz CT molecular complexity index is 395. The van der Waals surface area contributed by atoms with E-state index in [2.05, 4.69) is 4.74 Å². The molecule has 0 aliphatic carbocycles. The van der Waals surface area contributed by atoms with Gasteiger partial charge in [-0.3, -0.25) is 0 Å². The number of alkyl halides is 2. The van der Waals surface area contributed by atoms with E-state index in [1.54, 1.807) is 0 Å². The monoisotopic (exact) mass is 240 g/mol. The normalized spacial score (nSPS) is 11.2. The molecule has 1 aromatic carbocycles. The lowest BCUT2D eigenvalue weighted by Gasteiger charge is -2.13. The van der Waals surface area contributed by atoms with Crippen LogP contribution in [-0.2, 0) is 4.79 Å². The van der Waals surface area contributed by atoms with Crippen LogP contribution in [0.1, 0.15) is 0 Å². The van der Waals surface area contributed by atoms with Crippen molar-refractivity contribution in [1.29, 1.82) is 0 Å². The smallest absolute Gasteiger partial charge is 0.474 e. The second kappa shape index (κ2) is 3.98. The van der Waals surface area contributed by atoms with Crippen molar-refractivity contribution in [2.24, 2.45) is 0 Å². The Morgan fingerprint density at radius 3 is 2.60 bits per heavy atom. The number of carboxylic acids is 1. The van der Waals surface area contributed by atoms with Crippen LogP contribution in [0.25, 0.3) is 0 Å². The summed E-state index contributed by atoms with van der Waals surface area (Å²) in [5, 5.41) is 7.60. The van der Waals surface area contributed by atoms with E-state index >= 15 is 0 Å². The highest BCUT2D eigenvalue weighted by Crippen LogP contribution is 2.28. The van der Waals surface area contributed by atoms with Gasteiger partial charge in [0, 0.05) is 0 Å². The van der Waals surface area contributed by atoms with Crippen LogP contribution in [0.4, 0.5) is 13.2 Å². The molecule has 82 valence electrons. The molecular formula is C8H4ClF3O3. The fraction of sp³-hybridized carbons (Fsp3) is 0.125. The quantitative estimate of drug-likeness (QED) is 0.883. The maximum absolute atomic E-state index is 13.0. The first kappa shape index (κ1) is 11.6. The molecule has 0 saturated heterocycles. The largest absolute Gasteiger partial charge is 0.502 e. The molecule has 0 amide bonds. The van der Waals surface area contributed by atoms with Gasteiger partial charge in [0.2, 0.25) is 0 Å². The van der Waals surface area contributed by atoms with Crippen molar-refractivity contribution in [2.75, 3.05) is 0 Å². The predicted molar refractivity (Wildman–Crippen MR) is 44.6 cm³/mol. The SMILES string of the molecule is O=C(O)C(F)(F)Oc1cccc(Cl)c1F. The molecule has 0 aliphatic rings. The molecule has 1 N–H and O–H groups in total. The molecule has 0 aliphatic heterocycles. The van der Waals surface area contributed by atoms with Gasteiger partial charge in [0.25, 0.3) is 0 Å². The Morgan fingerprint density at radius 1 is 1.47 bits per heavy atom. The van der Waals surface area contributed by atoms with E-state index in [0.29, 0.717) is 0 Å². The first-order valence-corrected chi connectivity index (χ1v) is 3.96. The van der Waals surface area contributed by atoms with E-state index < -0.39 is 28.7 Å². The van der Waals surface area contributed by atoms with Gasteiger partial charge in [-0.05, 0) is 12.1 Å². The molecule has 15 heavy (non-hydrogen) atoms. The third-order valence-electron chi connectivity index (χ3n) is 1.40. The molecule has 0 fully saturated rings. The molecule has 0 atom stereocenters. The fourth-order valence-corrected chi connectivity index (χ4v) is 0.910. The Balaban J connectivity index is 3.00. The van der Waals surface area contributed by atoms with Gasteiger partial charge in [0.1, 0.15) is 0 Å². The lowest BCUT2D eigenvalue weighted by atomic mass is 10.3. The lowest BCUT2D eigenvalue weighted by molar-refractivity contribution is -0.211. The minimum Gasteiger partial charge on any atom is -0.474 e. The van der Waals surface area contributed by atoms with Gasteiger partial charge in [-0.15, -0.1) is 0 Å². The highest BCUT2D eigenvalue weighted by molar-refractivity contribution is 6.30. The van der Waals surface area contributed by atoms with E-state index in [4.69, 9.17) is 16.7 Å². The Hall–Kier alpha value is -1.43. The molecule has 0 saturated carbocycles. The van der Waals surface area contributed by atoms with Gasteiger partial charge >= 0.3 is 12.1 Å². The Labute approximate surface area is 87.0 Å². The van der Waals surface area contributed by atoms with Crippen LogP contribution < -0.4 is 4.74 Å². The molecule has 1 rings (SSSR count). The lowest BCUT2D eigenvalue weighted by Crippen LogP contribution is -2.35. The Morgan fingerprint density at radius 2 is 2.07 bits per heavy atom. The number of carbonyl (C=O) groups is 1. The average Bonchev–Trinajstić information content (AvgIpc) is 2.12. The van der Waals surface area contributed by atoms with Gasteiger partial charge in [0.15, 0.2) is 11.6 Å². The van der Waals surface area contributed by atoms with Crippen LogP contribution >= 0.6 is 11.6 Å². The van der Waals surface area contributed by atoms with Crippen molar-refractivity contribution in [3.63, 3.8) is 0 Å². The van der Waals surface area contributed by atoms with Gasteiger partial charge in [-0.1, -0.05) is 17.7 Å². The minimum atomic E-state index is -4.49. The minimum absolute atomic E-state index is 0.436. The number of carboxylic acid groups (broad SMARTS) is 1. The van der Waals surface area contributed by atoms with E-state index in [0.717, 1.165) is 18.2 Å². The van der Waals surface area contributed by atoms with Gasteiger partial charge in [-0.2, -0.15) is 8.78 Å². The van der Waals surface area contributed by atoms with Crippen molar-refractivity contribution in [3.8, 4) is 5.75 Å². The number of aliphatic carboxylic acids is 1. The summed E-state index contributed by atoms with van der Waals surface area (Å²) >= 11 is 5.27. The second-order valence-electron chi connectivity index (χ2n) is 2.48. The van der Waals surface area contributed by atoms with E-state index in [1.807, 2.05) is 0 Å². The molecule has 7 heteroatoms. The average molecular weight is 241 g/mol. The topological polar surface area (TPSA) is 46.5 Å². The molecule has 0 radical (unpaired) electrons. The molecular weight excluding hydrogens is 237 g/mol. The van der Waals surface area contributed by atoms with Crippen LogP contribution in [0, 0.1) is 5.82 Å². The van der Waals surface area contributed by atoms with E-state index in [-0.39, 0.29) is 0 Å². The predicted octanol–water partition coefficient (Wildman–Crippen LogP) is 2.54. The summed E-state index contributed by atoms with van der Waals surface area (Å²) in [4.78, 5) is 9.99. The van der Waals surface area contributed by atoms with Crippen molar-refractivity contribution < 1.29 is 27.8 Å². The first-order valence-electron chi connectivity index (χ1n) is 3.59. The molecule has 0 spiro atoms. The summed E-state index contributed by atoms with van der Waals surface area (Å²) in [6.45, 7) is 0. The van der Waals surface area contributed by atoms with Crippen LogP contribution in [0.15, 0.2) is 18.2 Å². The zero-order valence-electron chi connectivity index (χ0n) is 7.01. The zero-order chi connectivity index (χ0) is 11.6. The number of halogens is 4. The molecule has 0 heterocycles. The number of hydrogen-bond donors (Lipinski definition) is 1. The third kappa shape index (κ3) is 2.53. The molecule has 3 nitrogen and oxygen atoms in total. The number of ether oxygens (including phenoxy) is 1. The van der Waals surface area contributed by atoms with Crippen LogP contribution in [0.3, 0.4) is 0 Å². The molecule has 0 unspecified atom stereocenters.